The fourth-order valence-electron chi connectivity index (χ4n) is 2.36. The highest BCUT2D eigenvalue weighted by atomic mass is 16.5. The van der Waals surface area contributed by atoms with E-state index < -0.39 is 6.10 Å². The van der Waals surface area contributed by atoms with E-state index in [1.54, 1.807) is 7.11 Å². The van der Waals surface area contributed by atoms with Crippen molar-refractivity contribution < 1.29 is 14.6 Å². The number of ether oxygens (including phenoxy) is 2. The third-order valence-electron chi connectivity index (χ3n) is 3.58. The molecule has 2 aromatic rings. The van der Waals surface area contributed by atoms with Gasteiger partial charge in [-0.25, -0.2) is 0 Å². The highest BCUT2D eigenvalue weighted by Crippen LogP contribution is 2.31. The molecule has 0 amide bonds. The second-order valence-corrected chi connectivity index (χ2v) is 5.75. The summed E-state index contributed by atoms with van der Waals surface area (Å²) in [6.07, 6.45) is -0.545. The first-order valence-corrected chi connectivity index (χ1v) is 7.98. The molecule has 0 heterocycles. The van der Waals surface area contributed by atoms with E-state index in [1.165, 1.54) is 0 Å². The lowest BCUT2D eigenvalue weighted by molar-refractivity contribution is 0.174. The number of benzene rings is 2. The molecule has 0 fully saturated rings. The van der Waals surface area contributed by atoms with E-state index in [2.05, 4.69) is 11.9 Å². The van der Waals surface area contributed by atoms with Crippen LogP contribution in [0.2, 0.25) is 0 Å². The Balaban J connectivity index is 1.99. The lowest BCUT2D eigenvalue weighted by Crippen LogP contribution is -2.21. The zero-order valence-electron chi connectivity index (χ0n) is 14.3. The van der Waals surface area contributed by atoms with Crippen LogP contribution < -0.4 is 14.8 Å². The summed E-state index contributed by atoms with van der Waals surface area (Å²) in [5.74, 6) is 1.41. The highest BCUT2D eigenvalue weighted by Gasteiger charge is 2.12. The Bertz CT molecular complexity index is 655. The molecule has 24 heavy (non-hydrogen) atoms. The predicted octanol–water partition coefficient (Wildman–Crippen LogP) is 3.47. The van der Waals surface area contributed by atoms with Crippen LogP contribution in [0.3, 0.4) is 0 Å². The van der Waals surface area contributed by atoms with Gasteiger partial charge in [0.05, 0.1) is 13.2 Å². The summed E-state index contributed by atoms with van der Waals surface area (Å²) in [5.41, 5.74) is 2.82. The summed E-state index contributed by atoms with van der Waals surface area (Å²) in [4.78, 5) is 0. The number of hydrogen-bond acceptors (Lipinski definition) is 4. The molecule has 0 aliphatic rings. The SMILES string of the molecule is C=C(C)COc1c(CNC[C@@H](O)c2ccccc2)cccc1OC. The Morgan fingerprint density at radius 3 is 2.58 bits per heavy atom. The van der Waals surface area contributed by atoms with Crippen LogP contribution in [0.4, 0.5) is 0 Å². The van der Waals surface area contributed by atoms with Crippen molar-refractivity contribution in [1.29, 1.82) is 0 Å². The van der Waals surface area contributed by atoms with E-state index in [9.17, 15) is 5.11 Å². The van der Waals surface area contributed by atoms with Crippen molar-refractivity contribution in [3.63, 3.8) is 0 Å². The van der Waals surface area contributed by atoms with E-state index >= 15 is 0 Å². The Hall–Kier alpha value is -2.30. The molecule has 0 aliphatic heterocycles. The van der Waals surface area contributed by atoms with Crippen LogP contribution in [0.15, 0.2) is 60.7 Å². The molecule has 0 bridgehead atoms. The standard InChI is InChI=1S/C20H25NO3/c1-15(2)14-24-20-17(10-7-11-19(20)23-3)12-21-13-18(22)16-8-5-4-6-9-16/h4-11,18,21-22H,1,12-14H2,2-3H3/t18-/m1/s1. The van der Waals surface area contributed by atoms with Crippen LogP contribution >= 0.6 is 0 Å². The summed E-state index contributed by atoms with van der Waals surface area (Å²) >= 11 is 0. The fourth-order valence-corrected chi connectivity index (χ4v) is 2.36. The van der Waals surface area contributed by atoms with Crippen molar-refractivity contribution in [3.8, 4) is 11.5 Å². The molecule has 0 unspecified atom stereocenters. The Morgan fingerprint density at radius 1 is 1.17 bits per heavy atom. The third kappa shape index (κ3) is 5.11. The minimum absolute atomic E-state index is 0.444. The minimum Gasteiger partial charge on any atom is -0.493 e. The van der Waals surface area contributed by atoms with Gasteiger partial charge in [-0.05, 0) is 24.1 Å². The molecular weight excluding hydrogens is 302 g/mol. The molecule has 2 N–H and O–H groups in total. The Kier molecular flexibility index (Phi) is 6.85. The molecule has 1 atom stereocenters. The highest BCUT2D eigenvalue weighted by molar-refractivity contribution is 5.46. The number of para-hydroxylation sites is 1. The first-order valence-electron chi connectivity index (χ1n) is 7.98. The second kappa shape index (κ2) is 9.11. The van der Waals surface area contributed by atoms with Crippen molar-refractivity contribution in [2.75, 3.05) is 20.3 Å². The Morgan fingerprint density at radius 2 is 1.92 bits per heavy atom. The van der Waals surface area contributed by atoms with Crippen LogP contribution in [0, 0.1) is 0 Å². The van der Waals surface area contributed by atoms with Crippen molar-refractivity contribution in [3.05, 3.63) is 71.8 Å². The molecule has 0 aliphatic carbocycles. The average Bonchev–Trinajstić information content (AvgIpc) is 2.60. The van der Waals surface area contributed by atoms with Gasteiger partial charge in [0.2, 0.25) is 0 Å². The molecule has 128 valence electrons. The van der Waals surface area contributed by atoms with E-state index in [0.717, 1.165) is 16.7 Å². The number of methoxy groups -OCH3 is 1. The molecular formula is C20H25NO3. The zero-order valence-corrected chi connectivity index (χ0v) is 14.3. The fraction of sp³-hybridized carbons (Fsp3) is 0.300. The first-order chi connectivity index (χ1) is 11.6. The molecule has 0 aromatic heterocycles. The molecule has 2 aromatic carbocycles. The Labute approximate surface area is 143 Å². The maximum Gasteiger partial charge on any atom is 0.166 e. The van der Waals surface area contributed by atoms with E-state index in [0.29, 0.717) is 31.2 Å². The quantitative estimate of drug-likeness (QED) is 0.693. The number of aliphatic hydroxyl groups is 1. The maximum absolute atomic E-state index is 10.2. The largest absolute Gasteiger partial charge is 0.493 e. The molecule has 4 nitrogen and oxygen atoms in total. The second-order valence-electron chi connectivity index (χ2n) is 5.75. The number of nitrogens with one attached hydrogen (secondary N) is 1. The number of aliphatic hydroxyl groups excluding tert-OH is 1. The van der Waals surface area contributed by atoms with Crippen molar-refractivity contribution >= 4 is 0 Å². The van der Waals surface area contributed by atoms with E-state index in [1.807, 2.05) is 55.5 Å². The van der Waals surface area contributed by atoms with Gasteiger partial charge in [0, 0.05) is 18.7 Å². The van der Waals surface area contributed by atoms with Gasteiger partial charge in [-0.1, -0.05) is 49.0 Å². The van der Waals surface area contributed by atoms with Crippen LogP contribution in [0.1, 0.15) is 24.2 Å². The molecule has 0 radical (unpaired) electrons. The molecule has 2 rings (SSSR count). The summed E-state index contributed by atoms with van der Waals surface area (Å²) in [5, 5.41) is 13.5. The van der Waals surface area contributed by atoms with Gasteiger partial charge in [-0.3, -0.25) is 0 Å². The van der Waals surface area contributed by atoms with Crippen molar-refractivity contribution in [2.24, 2.45) is 0 Å². The third-order valence-corrected chi connectivity index (χ3v) is 3.58. The van der Waals surface area contributed by atoms with Crippen LogP contribution in [0.25, 0.3) is 0 Å². The topological polar surface area (TPSA) is 50.7 Å². The smallest absolute Gasteiger partial charge is 0.166 e. The van der Waals surface area contributed by atoms with Gasteiger partial charge >= 0.3 is 0 Å². The predicted molar refractivity (Wildman–Crippen MR) is 96.4 cm³/mol. The maximum atomic E-state index is 10.2. The first kappa shape index (κ1) is 18.0. The summed E-state index contributed by atoms with van der Waals surface area (Å²) in [6, 6.07) is 15.4. The van der Waals surface area contributed by atoms with Crippen LogP contribution in [-0.4, -0.2) is 25.4 Å². The lowest BCUT2D eigenvalue weighted by Gasteiger charge is -2.17. The summed E-state index contributed by atoms with van der Waals surface area (Å²) in [7, 11) is 1.62. The van der Waals surface area contributed by atoms with Gasteiger partial charge in [0.1, 0.15) is 6.61 Å². The van der Waals surface area contributed by atoms with Crippen molar-refractivity contribution in [1.82, 2.24) is 5.32 Å². The molecule has 4 heteroatoms. The van der Waals surface area contributed by atoms with E-state index in [4.69, 9.17) is 9.47 Å². The van der Waals surface area contributed by atoms with Gasteiger partial charge in [-0.15, -0.1) is 0 Å². The van der Waals surface area contributed by atoms with Gasteiger partial charge < -0.3 is 19.9 Å². The zero-order chi connectivity index (χ0) is 17.4. The minimum atomic E-state index is -0.545. The lowest BCUT2D eigenvalue weighted by atomic mass is 10.1. The molecule has 0 saturated heterocycles. The van der Waals surface area contributed by atoms with Crippen LogP contribution in [0.5, 0.6) is 11.5 Å². The normalized spacial score (nSPS) is 11.8. The number of rotatable bonds is 9. The summed E-state index contributed by atoms with van der Waals surface area (Å²) < 4.78 is 11.2. The summed E-state index contributed by atoms with van der Waals surface area (Å²) in [6.45, 7) is 7.26. The molecule has 0 spiro atoms. The van der Waals surface area contributed by atoms with Gasteiger partial charge in [0.25, 0.3) is 0 Å². The molecule has 0 saturated carbocycles. The van der Waals surface area contributed by atoms with Crippen molar-refractivity contribution in [2.45, 2.75) is 19.6 Å². The van der Waals surface area contributed by atoms with E-state index in [-0.39, 0.29) is 0 Å². The average molecular weight is 327 g/mol. The van der Waals surface area contributed by atoms with Gasteiger partial charge in [-0.2, -0.15) is 0 Å². The monoisotopic (exact) mass is 327 g/mol. The van der Waals surface area contributed by atoms with Crippen LogP contribution in [-0.2, 0) is 6.54 Å². The van der Waals surface area contributed by atoms with Gasteiger partial charge in [0.15, 0.2) is 11.5 Å². The number of hydrogen-bond donors (Lipinski definition) is 2.